The highest BCUT2D eigenvalue weighted by molar-refractivity contribution is 5.81. The first kappa shape index (κ1) is 12.2. The largest absolute Gasteiger partial charge is 0.462 e. The highest BCUT2D eigenvalue weighted by Crippen LogP contribution is 2.05. The van der Waals surface area contributed by atoms with Gasteiger partial charge in [-0.1, -0.05) is 33.3 Å². The number of carbonyl (C=O) groups is 1. The van der Waals surface area contributed by atoms with Crippen molar-refractivity contribution in [1.82, 2.24) is 0 Å². The Hall–Kier alpha value is -0.790. The topological polar surface area (TPSA) is 26.3 Å². The number of ether oxygens (including phenoxy) is 1. The van der Waals surface area contributed by atoms with Crippen LogP contribution < -0.4 is 0 Å². The van der Waals surface area contributed by atoms with Gasteiger partial charge in [0.15, 0.2) is 0 Å². The molecule has 0 aliphatic heterocycles. The van der Waals surface area contributed by atoms with E-state index in [1.54, 1.807) is 0 Å². The van der Waals surface area contributed by atoms with E-state index in [1.807, 2.05) is 13.0 Å². The molecule has 0 fully saturated rings. The summed E-state index contributed by atoms with van der Waals surface area (Å²) in [6, 6.07) is 0. The van der Waals surface area contributed by atoms with Gasteiger partial charge in [-0.3, -0.25) is 0 Å². The molecule has 0 saturated heterocycles. The Morgan fingerprint density at radius 3 is 2.69 bits per heavy atom. The molecule has 0 saturated carbocycles. The van der Waals surface area contributed by atoms with Gasteiger partial charge in [0.1, 0.15) is 0 Å². The Morgan fingerprint density at radius 1 is 1.46 bits per heavy atom. The van der Waals surface area contributed by atoms with E-state index in [0.717, 1.165) is 19.3 Å². The number of hydrogen-bond donors (Lipinski definition) is 0. The van der Waals surface area contributed by atoms with Crippen LogP contribution in [0, 0.1) is 5.92 Å². The van der Waals surface area contributed by atoms with Crippen molar-refractivity contribution < 1.29 is 9.53 Å². The first-order valence-corrected chi connectivity index (χ1v) is 5.04. The average molecular weight is 184 g/mol. The Balaban J connectivity index is 3.51. The number of carbonyl (C=O) groups excluding carboxylic acids is 1. The lowest BCUT2D eigenvalue weighted by Gasteiger charge is -2.08. The minimum absolute atomic E-state index is 0.218. The number of esters is 1. The van der Waals surface area contributed by atoms with E-state index in [4.69, 9.17) is 4.74 Å². The molecule has 0 spiro atoms. The molecule has 0 radical (unpaired) electrons. The Labute approximate surface area is 81.0 Å². The summed E-state index contributed by atoms with van der Waals surface area (Å²) in [5, 5.41) is 0. The standard InChI is InChI=1S/C11H20O2/c1-4-6-8-11(12)13-9-10(3)7-5-2/h6,8,10H,4-5,7,9H2,1-3H3. The van der Waals surface area contributed by atoms with E-state index in [1.165, 1.54) is 6.08 Å². The lowest BCUT2D eigenvalue weighted by atomic mass is 10.1. The molecule has 0 aliphatic carbocycles. The predicted molar refractivity (Wildman–Crippen MR) is 54.5 cm³/mol. The summed E-state index contributed by atoms with van der Waals surface area (Å²) in [7, 11) is 0. The lowest BCUT2D eigenvalue weighted by Crippen LogP contribution is -2.09. The maximum absolute atomic E-state index is 11.0. The maximum atomic E-state index is 11.0. The molecule has 0 heterocycles. The van der Waals surface area contributed by atoms with Crippen molar-refractivity contribution in [2.45, 2.75) is 40.0 Å². The third-order valence-electron chi connectivity index (χ3n) is 1.78. The van der Waals surface area contributed by atoms with E-state index < -0.39 is 0 Å². The summed E-state index contributed by atoms with van der Waals surface area (Å²) in [5.41, 5.74) is 0. The van der Waals surface area contributed by atoms with E-state index in [2.05, 4.69) is 13.8 Å². The first-order chi connectivity index (χ1) is 6.20. The molecule has 0 N–H and O–H groups in total. The second-order valence-electron chi connectivity index (χ2n) is 3.33. The van der Waals surface area contributed by atoms with Gasteiger partial charge in [-0.15, -0.1) is 0 Å². The van der Waals surface area contributed by atoms with Gasteiger partial charge in [0.05, 0.1) is 6.61 Å². The van der Waals surface area contributed by atoms with Crippen molar-refractivity contribution in [3.63, 3.8) is 0 Å². The molecule has 2 nitrogen and oxygen atoms in total. The summed E-state index contributed by atoms with van der Waals surface area (Å²) < 4.78 is 5.03. The Bertz CT molecular complexity index is 161. The lowest BCUT2D eigenvalue weighted by molar-refractivity contribution is -0.139. The fourth-order valence-electron chi connectivity index (χ4n) is 1.06. The highest BCUT2D eigenvalue weighted by Gasteiger charge is 2.03. The van der Waals surface area contributed by atoms with E-state index in [-0.39, 0.29) is 5.97 Å². The van der Waals surface area contributed by atoms with Gasteiger partial charge in [0.2, 0.25) is 0 Å². The predicted octanol–water partition coefficient (Wildman–Crippen LogP) is 2.93. The fourth-order valence-corrected chi connectivity index (χ4v) is 1.06. The molecule has 2 heteroatoms. The van der Waals surface area contributed by atoms with Crippen LogP contribution in [-0.2, 0) is 9.53 Å². The second-order valence-corrected chi connectivity index (χ2v) is 3.33. The summed E-state index contributed by atoms with van der Waals surface area (Å²) in [6.07, 6.45) is 6.44. The van der Waals surface area contributed by atoms with Crippen molar-refractivity contribution in [2.24, 2.45) is 5.92 Å². The molecule has 0 aromatic heterocycles. The molecule has 1 unspecified atom stereocenters. The molecule has 0 amide bonds. The molecule has 0 aromatic carbocycles. The Kier molecular flexibility index (Phi) is 7.36. The van der Waals surface area contributed by atoms with Gasteiger partial charge in [0, 0.05) is 6.08 Å². The summed E-state index contributed by atoms with van der Waals surface area (Å²) >= 11 is 0. The van der Waals surface area contributed by atoms with Gasteiger partial charge in [-0.2, -0.15) is 0 Å². The fraction of sp³-hybridized carbons (Fsp3) is 0.727. The van der Waals surface area contributed by atoms with Crippen LogP contribution in [0.3, 0.4) is 0 Å². The second kappa shape index (κ2) is 7.84. The highest BCUT2D eigenvalue weighted by atomic mass is 16.5. The van der Waals surface area contributed by atoms with Crippen LogP contribution in [0.15, 0.2) is 12.2 Å². The van der Waals surface area contributed by atoms with Crippen LogP contribution in [-0.4, -0.2) is 12.6 Å². The number of hydrogen-bond acceptors (Lipinski definition) is 2. The SMILES string of the molecule is CCC=CC(=O)OCC(C)CCC. The minimum Gasteiger partial charge on any atom is -0.462 e. The molecule has 1 atom stereocenters. The van der Waals surface area contributed by atoms with Crippen molar-refractivity contribution >= 4 is 5.97 Å². The molecular weight excluding hydrogens is 164 g/mol. The maximum Gasteiger partial charge on any atom is 0.330 e. The normalized spacial score (nSPS) is 13.2. The van der Waals surface area contributed by atoms with Gasteiger partial charge < -0.3 is 4.74 Å². The Morgan fingerprint density at radius 2 is 2.15 bits per heavy atom. The van der Waals surface area contributed by atoms with Crippen LogP contribution in [0.2, 0.25) is 0 Å². The number of allylic oxidation sites excluding steroid dienone is 1. The van der Waals surface area contributed by atoms with Gasteiger partial charge >= 0.3 is 5.97 Å². The van der Waals surface area contributed by atoms with Crippen LogP contribution in [0.25, 0.3) is 0 Å². The van der Waals surface area contributed by atoms with Crippen molar-refractivity contribution in [3.05, 3.63) is 12.2 Å². The summed E-state index contributed by atoms with van der Waals surface area (Å²) in [5.74, 6) is 0.258. The molecular formula is C11H20O2. The molecule has 0 aromatic rings. The van der Waals surface area contributed by atoms with Crippen LogP contribution in [0.4, 0.5) is 0 Å². The smallest absolute Gasteiger partial charge is 0.330 e. The third-order valence-corrected chi connectivity index (χ3v) is 1.78. The van der Waals surface area contributed by atoms with Crippen molar-refractivity contribution in [3.8, 4) is 0 Å². The summed E-state index contributed by atoms with van der Waals surface area (Å²) in [6.45, 7) is 6.76. The summed E-state index contributed by atoms with van der Waals surface area (Å²) in [4.78, 5) is 11.0. The van der Waals surface area contributed by atoms with Crippen molar-refractivity contribution in [1.29, 1.82) is 0 Å². The van der Waals surface area contributed by atoms with E-state index >= 15 is 0 Å². The third kappa shape index (κ3) is 7.57. The quantitative estimate of drug-likeness (QED) is 0.468. The first-order valence-electron chi connectivity index (χ1n) is 5.04. The van der Waals surface area contributed by atoms with Crippen LogP contribution >= 0.6 is 0 Å². The number of rotatable bonds is 6. The average Bonchev–Trinajstić information content (AvgIpc) is 2.12. The van der Waals surface area contributed by atoms with Gasteiger partial charge in [-0.05, 0) is 18.8 Å². The zero-order valence-corrected chi connectivity index (χ0v) is 8.88. The van der Waals surface area contributed by atoms with E-state index in [9.17, 15) is 4.79 Å². The molecule has 0 aliphatic rings. The van der Waals surface area contributed by atoms with Gasteiger partial charge in [-0.25, -0.2) is 4.79 Å². The zero-order chi connectivity index (χ0) is 10.1. The van der Waals surface area contributed by atoms with Crippen LogP contribution in [0.5, 0.6) is 0 Å². The van der Waals surface area contributed by atoms with Gasteiger partial charge in [0.25, 0.3) is 0 Å². The molecule has 13 heavy (non-hydrogen) atoms. The van der Waals surface area contributed by atoms with E-state index in [0.29, 0.717) is 12.5 Å². The minimum atomic E-state index is -0.218. The molecule has 0 bridgehead atoms. The zero-order valence-electron chi connectivity index (χ0n) is 8.88. The van der Waals surface area contributed by atoms with Crippen LogP contribution in [0.1, 0.15) is 40.0 Å². The van der Waals surface area contributed by atoms with Crippen molar-refractivity contribution in [2.75, 3.05) is 6.61 Å². The molecule has 0 rings (SSSR count). The monoisotopic (exact) mass is 184 g/mol. The molecule has 76 valence electrons.